The zero-order valence-corrected chi connectivity index (χ0v) is 13.4. The van der Waals surface area contributed by atoms with Crippen LogP contribution in [-0.2, 0) is 6.54 Å². The number of hydrogen-bond acceptors (Lipinski definition) is 3. The third-order valence-corrected chi connectivity index (χ3v) is 3.61. The van der Waals surface area contributed by atoms with Crippen LogP contribution in [-0.4, -0.2) is 19.1 Å². The molecule has 0 aromatic heterocycles. The minimum atomic E-state index is 0.352. The van der Waals surface area contributed by atoms with Crippen molar-refractivity contribution in [2.45, 2.75) is 13.5 Å². The van der Waals surface area contributed by atoms with Crippen molar-refractivity contribution >= 4 is 22.9 Å². The standard InChI is InChI=1S/C17H20N2OS/c1-12-5-4-6-14(9-12)19(2)11-13-7-8-15(17(18)21)16(10-13)20-3/h4-10H,11H2,1-3H3,(H2,18,21). The van der Waals surface area contributed by atoms with E-state index in [-0.39, 0.29) is 0 Å². The van der Waals surface area contributed by atoms with Crippen molar-refractivity contribution in [2.24, 2.45) is 5.73 Å². The highest BCUT2D eigenvalue weighted by atomic mass is 32.1. The maximum absolute atomic E-state index is 5.69. The molecule has 0 atom stereocenters. The van der Waals surface area contributed by atoms with Gasteiger partial charge in [0.15, 0.2) is 0 Å². The van der Waals surface area contributed by atoms with Gasteiger partial charge in [0.25, 0.3) is 0 Å². The highest BCUT2D eigenvalue weighted by Crippen LogP contribution is 2.23. The van der Waals surface area contributed by atoms with Gasteiger partial charge in [-0.15, -0.1) is 0 Å². The van der Waals surface area contributed by atoms with Crippen molar-refractivity contribution in [1.82, 2.24) is 0 Å². The Hall–Kier alpha value is -2.07. The van der Waals surface area contributed by atoms with Crippen LogP contribution in [0, 0.1) is 6.92 Å². The molecule has 4 heteroatoms. The number of methoxy groups -OCH3 is 1. The van der Waals surface area contributed by atoms with Gasteiger partial charge >= 0.3 is 0 Å². The fourth-order valence-electron chi connectivity index (χ4n) is 2.27. The predicted octanol–water partition coefficient (Wildman–Crippen LogP) is 3.27. The lowest BCUT2D eigenvalue weighted by atomic mass is 10.1. The van der Waals surface area contributed by atoms with Gasteiger partial charge in [-0.1, -0.05) is 30.4 Å². The Morgan fingerprint density at radius 3 is 2.62 bits per heavy atom. The quantitative estimate of drug-likeness (QED) is 0.860. The Morgan fingerprint density at radius 1 is 1.24 bits per heavy atom. The van der Waals surface area contributed by atoms with Crippen LogP contribution in [0.15, 0.2) is 42.5 Å². The van der Waals surface area contributed by atoms with Crippen LogP contribution in [0.2, 0.25) is 0 Å². The summed E-state index contributed by atoms with van der Waals surface area (Å²) in [4.78, 5) is 2.55. The Labute approximate surface area is 131 Å². The normalized spacial score (nSPS) is 10.2. The number of thiocarbonyl (C=S) groups is 1. The molecule has 0 saturated heterocycles. The van der Waals surface area contributed by atoms with Gasteiger partial charge in [0.1, 0.15) is 10.7 Å². The molecule has 0 aliphatic rings. The zero-order valence-electron chi connectivity index (χ0n) is 12.6. The van der Waals surface area contributed by atoms with Crippen LogP contribution in [0.25, 0.3) is 0 Å². The van der Waals surface area contributed by atoms with Gasteiger partial charge in [-0.3, -0.25) is 0 Å². The largest absolute Gasteiger partial charge is 0.496 e. The fraction of sp³-hybridized carbons (Fsp3) is 0.235. The lowest BCUT2D eigenvalue weighted by Gasteiger charge is -2.20. The molecule has 2 aromatic rings. The number of hydrogen-bond donors (Lipinski definition) is 1. The van der Waals surface area contributed by atoms with Crippen LogP contribution >= 0.6 is 12.2 Å². The zero-order chi connectivity index (χ0) is 15.4. The number of aryl methyl sites for hydroxylation is 1. The van der Waals surface area contributed by atoms with Crippen LogP contribution in [0.5, 0.6) is 5.75 Å². The van der Waals surface area contributed by atoms with Crippen molar-refractivity contribution in [3.8, 4) is 5.75 Å². The van der Waals surface area contributed by atoms with E-state index in [1.165, 1.54) is 11.3 Å². The lowest BCUT2D eigenvalue weighted by molar-refractivity contribution is 0.413. The van der Waals surface area contributed by atoms with Crippen molar-refractivity contribution < 1.29 is 4.74 Å². The number of benzene rings is 2. The molecule has 0 unspecified atom stereocenters. The van der Waals surface area contributed by atoms with E-state index in [1.54, 1.807) is 7.11 Å². The third-order valence-electron chi connectivity index (χ3n) is 3.39. The average Bonchev–Trinajstić information content (AvgIpc) is 2.46. The Bertz CT molecular complexity index is 655. The third kappa shape index (κ3) is 3.73. The van der Waals surface area contributed by atoms with Gasteiger partial charge in [0.2, 0.25) is 0 Å². The van der Waals surface area contributed by atoms with E-state index in [0.29, 0.717) is 4.99 Å². The molecule has 0 bridgehead atoms. The van der Waals surface area contributed by atoms with Crippen molar-refractivity contribution in [1.29, 1.82) is 0 Å². The lowest BCUT2D eigenvalue weighted by Crippen LogP contribution is -2.17. The van der Waals surface area contributed by atoms with Gasteiger partial charge in [0, 0.05) is 19.3 Å². The monoisotopic (exact) mass is 300 g/mol. The van der Waals surface area contributed by atoms with E-state index < -0.39 is 0 Å². The molecule has 0 spiro atoms. The van der Waals surface area contributed by atoms with Crippen molar-refractivity contribution in [3.63, 3.8) is 0 Å². The first kappa shape index (κ1) is 15.3. The van der Waals surface area contributed by atoms with Gasteiger partial charge < -0.3 is 15.4 Å². The van der Waals surface area contributed by atoms with Gasteiger partial charge in [0.05, 0.1) is 12.7 Å². The molecule has 0 fully saturated rings. The second-order valence-electron chi connectivity index (χ2n) is 5.09. The number of nitrogens with zero attached hydrogens (tertiary/aromatic N) is 1. The maximum Gasteiger partial charge on any atom is 0.129 e. The molecule has 21 heavy (non-hydrogen) atoms. The first-order chi connectivity index (χ1) is 10.0. The fourth-order valence-corrected chi connectivity index (χ4v) is 2.44. The molecule has 0 aliphatic heterocycles. The second kappa shape index (κ2) is 6.59. The summed E-state index contributed by atoms with van der Waals surface area (Å²) in [6, 6.07) is 14.4. The number of nitrogens with two attached hydrogens (primary N) is 1. The molecule has 2 aromatic carbocycles. The topological polar surface area (TPSA) is 38.5 Å². The predicted molar refractivity (Wildman–Crippen MR) is 92.2 cm³/mol. The molecule has 3 nitrogen and oxygen atoms in total. The molecule has 2 N–H and O–H groups in total. The van der Waals surface area contributed by atoms with Gasteiger partial charge in [-0.2, -0.15) is 0 Å². The van der Waals surface area contributed by atoms with Gasteiger partial charge in [-0.25, -0.2) is 0 Å². The number of anilines is 1. The molecule has 0 aliphatic carbocycles. The smallest absolute Gasteiger partial charge is 0.129 e. The number of rotatable bonds is 5. The molecule has 2 rings (SSSR count). The van der Waals surface area contributed by atoms with E-state index in [4.69, 9.17) is 22.7 Å². The summed E-state index contributed by atoms with van der Waals surface area (Å²) in [5.41, 5.74) is 10.0. The summed E-state index contributed by atoms with van der Waals surface area (Å²) in [5.74, 6) is 0.720. The van der Waals surface area contributed by atoms with E-state index >= 15 is 0 Å². The van der Waals surface area contributed by atoms with E-state index in [2.05, 4.69) is 43.1 Å². The molecule has 110 valence electrons. The van der Waals surface area contributed by atoms with Crippen molar-refractivity contribution in [3.05, 3.63) is 59.2 Å². The number of ether oxygens (including phenoxy) is 1. The summed E-state index contributed by atoms with van der Waals surface area (Å²) >= 11 is 5.03. The highest BCUT2D eigenvalue weighted by Gasteiger charge is 2.09. The summed E-state index contributed by atoms with van der Waals surface area (Å²) < 4.78 is 5.37. The Morgan fingerprint density at radius 2 is 2.00 bits per heavy atom. The average molecular weight is 300 g/mol. The maximum atomic E-state index is 5.69. The van der Waals surface area contributed by atoms with Crippen LogP contribution < -0.4 is 15.4 Å². The van der Waals surface area contributed by atoms with E-state index in [9.17, 15) is 0 Å². The molecule has 0 radical (unpaired) electrons. The Balaban J connectivity index is 2.21. The second-order valence-corrected chi connectivity index (χ2v) is 5.53. The molecular weight excluding hydrogens is 280 g/mol. The molecular formula is C17H20N2OS. The molecule has 0 saturated carbocycles. The first-order valence-electron chi connectivity index (χ1n) is 6.76. The summed E-state index contributed by atoms with van der Waals surface area (Å²) in [7, 11) is 3.70. The minimum absolute atomic E-state index is 0.352. The highest BCUT2D eigenvalue weighted by molar-refractivity contribution is 7.80. The molecule has 0 amide bonds. The van der Waals surface area contributed by atoms with Crippen LogP contribution in [0.3, 0.4) is 0 Å². The summed E-state index contributed by atoms with van der Waals surface area (Å²) in [6.45, 7) is 2.88. The minimum Gasteiger partial charge on any atom is -0.496 e. The van der Waals surface area contributed by atoms with Crippen LogP contribution in [0.4, 0.5) is 5.69 Å². The van der Waals surface area contributed by atoms with Crippen LogP contribution in [0.1, 0.15) is 16.7 Å². The first-order valence-corrected chi connectivity index (χ1v) is 7.16. The van der Waals surface area contributed by atoms with E-state index in [1.807, 2.05) is 18.2 Å². The summed E-state index contributed by atoms with van der Waals surface area (Å²) in [5, 5.41) is 0. The Kier molecular flexibility index (Phi) is 4.81. The van der Waals surface area contributed by atoms with Gasteiger partial charge in [-0.05, 0) is 42.3 Å². The molecule has 0 heterocycles. The van der Waals surface area contributed by atoms with E-state index in [0.717, 1.165) is 23.4 Å². The van der Waals surface area contributed by atoms with Crippen molar-refractivity contribution in [2.75, 3.05) is 19.1 Å². The summed E-state index contributed by atoms with van der Waals surface area (Å²) in [6.07, 6.45) is 0. The SMILES string of the molecule is COc1cc(CN(C)c2cccc(C)c2)ccc1C(N)=S.